The predicted molar refractivity (Wildman–Crippen MR) is 60.5 cm³/mol. The molecule has 0 aliphatic heterocycles. The molecule has 80 valence electrons. The Kier molecular flexibility index (Phi) is 7.42. The number of hydrogen-bond acceptors (Lipinski definition) is 3. The summed E-state index contributed by atoms with van der Waals surface area (Å²) in [6.45, 7) is 6.14. The van der Waals surface area contributed by atoms with E-state index >= 15 is 0 Å². The number of hydrogen-bond donors (Lipinski definition) is 0. The molecule has 4 heteroatoms. The van der Waals surface area contributed by atoms with Crippen LogP contribution >= 0.6 is 15.9 Å². The molecule has 1 rings (SSSR count). The molecule has 0 aromatic carbocycles. The Morgan fingerprint density at radius 1 is 1.43 bits per heavy atom. The van der Waals surface area contributed by atoms with Crippen molar-refractivity contribution in [3.05, 3.63) is 22.4 Å². The van der Waals surface area contributed by atoms with E-state index in [9.17, 15) is 0 Å². The second-order valence-corrected chi connectivity index (χ2v) is 3.20. The lowest BCUT2D eigenvalue weighted by Gasteiger charge is -2.06. The average Bonchev–Trinajstić information content (AvgIpc) is 2.22. The molecule has 1 aromatic heterocycles. The van der Waals surface area contributed by atoms with Gasteiger partial charge in [-0.1, -0.05) is 13.8 Å². The van der Waals surface area contributed by atoms with E-state index < -0.39 is 0 Å². The molecule has 0 saturated carbocycles. The van der Waals surface area contributed by atoms with Gasteiger partial charge in [-0.3, -0.25) is 4.98 Å². The molecule has 0 unspecified atom stereocenters. The van der Waals surface area contributed by atoms with Crippen LogP contribution in [0.3, 0.4) is 0 Å². The first-order valence-corrected chi connectivity index (χ1v) is 5.27. The first-order chi connectivity index (χ1) is 6.74. The zero-order valence-electron chi connectivity index (χ0n) is 9.00. The maximum absolute atomic E-state index is 5.25. The van der Waals surface area contributed by atoms with Crippen LogP contribution < -0.4 is 4.74 Å². The summed E-state index contributed by atoms with van der Waals surface area (Å²) in [5.74, 6) is 0.742. The largest absolute Gasteiger partial charge is 0.466 e. The Labute approximate surface area is 93.6 Å². The third-order valence-corrected chi connectivity index (χ3v) is 1.77. The lowest BCUT2D eigenvalue weighted by Crippen LogP contribution is -2.01. The number of halogens is 1. The molecule has 0 aliphatic carbocycles. The molecule has 14 heavy (non-hydrogen) atoms. The van der Waals surface area contributed by atoms with E-state index in [1.807, 2.05) is 26.8 Å². The van der Waals surface area contributed by atoms with Crippen molar-refractivity contribution in [3.8, 4) is 5.75 Å². The van der Waals surface area contributed by atoms with Crippen molar-refractivity contribution in [1.82, 2.24) is 4.98 Å². The zero-order valence-corrected chi connectivity index (χ0v) is 10.6. The van der Waals surface area contributed by atoms with Gasteiger partial charge in [0.05, 0.1) is 5.69 Å². The van der Waals surface area contributed by atoms with Crippen molar-refractivity contribution in [1.29, 1.82) is 0 Å². The van der Waals surface area contributed by atoms with Crippen molar-refractivity contribution < 1.29 is 9.47 Å². The van der Waals surface area contributed by atoms with Gasteiger partial charge in [-0.05, 0) is 28.9 Å². The van der Waals surface area contributed by atoms with E-state index in [2.05, 4.69) is 20.9 Å². The van der Waals surface area contributed by atoms with Crippen LogP contribution in [0.25, 0.3) is 0 Å². The summed E-state index contributed by atoms with van der Waals surface area (Å²) in [5, 5.41) is 0. The molecular formula is C10H16BrNO2. The maximum Gasteiger partial charge on any atom is 0.188 e. The van der Waals surface area contributed by atoms with E-state index in [-0.39, 0.29) is 6.79 Å². The summed E-state index contributed by atoms with van der Waals surface area (Å²) in [7, 11) is 1.58. The molecule has 0 N–H and O–H groups in total. The smallest absolute Gasteiger partial charge is 0.188 e. The minimum absolute atomic E-state index is 0.249. The fourth-order valence-electron chi connectivity index (χ4n) is 0.758. The Balaban J connectivity index is 0.000000791. The van der Waals surface area contributed by atoms with Gasteiger partial charge in [-0.15, -0.1) is 0 Å². The van der Waals surface area contributed by atoms with Crippen molar-refractivity contribution in [2.24, 2.45) is 0 Å². The van der Waals surface area contributed by atoms with Gasteiger partial charge in [0.2, 0.25) is 0 Å². The van der Waals surface area contributed by atoms with Crippen LogP contribution in [-0.4, -0.2) is 18.9 Å². The molecule has 0 aliphatic rings. The molecule has 1 aromatic rings. The normalized spacial score (nSPS) is 8.93. The van der Waals surface area contributed by atoms with E-state index in [1.54, 1.807) is 13.3 Å². The first kappa shape index (κ1) is 13.4. The van der Waals surface area contributed by atoms with Crippen molar-refractivity contribution in [2.75, 3.05) is 13.9 Å². The second-order valence-electron chi connectivity index (χ2n) is 2.29. The van der Waals surface area contributed by atoms with Gasteiger partial charge >= 0.3 is 0 Å². The predicted octanol–water partition coefficient (Wildman–Crippen LogP) is 3.16. The van der Waals surface area contributed by atoms with Crippen molar-refractivity contribution in [2.45, 2.75) is 20.8 Å². The quantitative estimate of drug-likeness (QED) is 0.784. The fraction of sp³-hybridized carbons (Fsp3) is 0.500. The van der Waals surface area contributed by atoms with E-state index in [0.717, 1.165) is 15.9 Å². The third kappa shape index (κ3) is 4.58. The molecule has 0 radical (unpaired) electrons. The summed E-state index contributed by atoms with van der Waals surface area (Å²) < 4.78 is 10.9. The lowest BCUT2D eigenvalue weighted by molar-refractivity contribution is 0.0502. The van der Waals surface area contributed by atoms with Gasteiger partial charge in [0.1, 0.15) is 5.75 Å². The summed E-state index contributed by atoms with van der Waals surface area (Å²) in [6, 6.07) is 1.86. The van der Waals surface area contributed by atoms with Gasteiger partial charge in [0.25, 0.3) is 0 Å². The monoisotopic (exact) mass is 261 g/mol. The Morgan fingerprint density at radius 3 is 2.64 bits per heavy atom. The molecule has 0 spiro atoms. The van der Waals surface area contributed by atoms with Crippen LogP contribution in [0.1, 0.15) is 19.5 Å². The van der Waals surface area contributed by atoms with Gasteiger partial charge in [-0.2, -0.15) is 0 Å². The highest BCUT2D eigenvalue weighted by Gasteiger charge is 2.00. The molecule has 1 heterocycles. The topological polar surface area (TPSA) is 31.4 Å². The van der Waals surface area contributed by atoms with Crippen LogP contribution in [0.2, 0.25) is 0 Å². The highest BCUT2D eigenvalue weighted by molar-refractivity contribution is 9.10. The van der Waals surface area contributed by atoms with Gasteiger partial charge in [0.15, 0.2) is 6.79 Å². The van der Waals surface area contributed by atoms with E-state index in [0.29, 0.717) is 0 Å². The van der Waals surface area contributed by atoms with Crippen LogP contribution in [0, 0.1) is 6.92 Å². The van der Waals surface area contributed by atoms with E-state index in [1.165, 1.54) is 0 Å². The maximum atomic E-state index is 5.25. The van der Waals surface area contributed by atoms with Gasteiger partial charge < -0.3 is 9.47 Å². The average molecular weight is 262 g/mol. The molecule has 0 fully saturated rings. The summed E-state index contributed by atoms with van der Waals surface area (Å²) >= 11 is 3.30. The van der Waals surface area contributed by atoms with Crippen molar-refractivity contribution >= 4 is 15.9 Å². The number of methoxy groups -OCH3 is 1. The third-order valence-electron chi connectivity index (χ3n) is 1.34. The molecule has 0 bridgehead atoms. The Morgan fingerprint density at radius 2 is 2.07 bits per heavy atom. The molecule has 0 amide bonds. The molecule has 3 nitrogen and oxygen atoms in total. The van der Waals surface area contributed by atoms with Gasteiger partial charge in [-0.25, -0.2) is 0 Å². The minimum atomic E-state index is 0.249. The highest BCUT2D eigenvalue weighted by atomic mass is 79.9. The highest BCUT2D eigenvalue weighted by Crippen LogP contribution is 2.20. The number of aryl methyl sites for hydroxylation is 1. The zero-order chi connectivity index (χ0) is 11.0. The first-order valence-electron chi connectivity index (χ1n) is 4.48. The minimum Gasteiger partial charge on any atom is -0.466 e. The van der Waals surface area contributed by atoms with Gasteiger partial charge in [0, 0.05) is 17.8 Å². The SMILES string of the molecule is CC.COCOc1cc(Br)cnc1C. The van der Waals surface area contributed by atoms with Crippen LogP contribution in [-0.2, 0) is 4.74 Å². The standard InChI is InChI=1S/C8H10BrNO2.C2H6/c1-6-8(12-5-11-2)3-7(9)4-10-6;1-2/h3-4H,5H2,1-2H3;1-2H3. The number of pyridine rings is 1. The van der Waals surface area contributed by atoms with Crippen LogP contribution in [0.5, 0.6) is 5.75 Å². The van der Waals surface area contributed by atoms with E-state index in [4.69, 9.17) is 9.47 Å². The number of rotatable bonds is 3. The van der Waals surface area contributed by atoms with Crippen LogP contribution in [0.4, 0.5) is 0 Å². The number of ether oxygens (including phenoxy) is 2. The van der Waals surface area contributed by atoms with Crippen molar-refractivity contribution in [3.63, 3.8) is 0 Å². The Hall–Kier alpha value is -0.610. The number of nitrogens with zero attached hydrogens (tertiary/aromatic N) is 1. The second kappa shape index (κ2) is 7.76. The summed E-state index contributed by atoms with van der Waals surface area (Å²) in [6.07, 6.45) is 1.73. The lowest BCUT2D eigenvalue weighted by atomic mass is 10.3. The molecule has 0 saturated heterocycles. The Bertz CT molecular complexity index is 266. The molecular weight excluding hydrogens is 246 g/mol. The summed E-state index contributed by atoms with van der Waals surface area (Å²) in [5.41, 5.74) is 0.857. The fourth-order valence-corrected chi connectivity index (χ4v) is 1.07. The van der Waals surface area contributed by atoms with Crippen LogP contribution in [0.15, 0.2) is 16.7 Å². The summed E-state index contributed by atoms with van der Waals surface area (Å²) in [4.78, 5) is 4.10. The molecule has 0 atom stereocenters. The number of aromatic nitrogens is 1.